The standard InChI is InChI=1S/C29H33N5O3/c1-3-7-26(22-10-12-23(13-11-22)29(37)33(2)17-16-28(35)36)32-25-14-15-27(30-19-25)34-20-24(18-31-34)21-8-5-4-6-9-21/h4-6,8-15,18-20,26,28,32,35-36H,3,7,16-17H2,1-2H3. The van der Waals surface area contributed by atoms with E-state index in [4.69, 9.17) is 10.2 Å². The maximum Gasteiger partial charge on any atom is 0.253 e. The number of benzene rings is 2. The van der Waals surface area contributed by atoms with Gasteiger partial charge in [-0.1, -0.05) is 55.8 Å². The van der Waals surface area contributed by atoms with E-state index in [0.717, 1.165) is 41.0 Å². The summed E-state index contributed by atoms with van der Waals surface area (Å²) >= 11 is 0. The second-order valence-electron chi connectivity index (χ2n) is 9.05. The number of nitrogens with one attached hydrogen (secondary N) is 1. The SMILES string of the molecule is CCCC(Nc1ccc(-n2cc(-c3ccccc3)cn2)nc1)c1ccc(C(=O)N(C)CCC(O)O)cc1. The number of hydrogen-bond acceptors (Lipinski definition) is 6. The normalized spacial score (nSPS) is 11.9. The fraction of sp³-hybridized carbons (Fsp3) is 0.276. The zero-order chi connectivity index (χ0) is 26.2. The van der Waals surface area contributed by atoms with Crippen molar-refractivity contribution in [1.29, 1.82) is 0 Å². The second-order valence-corrected chi connectivity index (χ2v) is 9.05. The highest BCUT2D eigenvalue weighted by Gasteiger charge is 2.15. The molecule has 2 heterocycles. The number of pyridine rings is 1. The minimum absolute atomic E-state index is 0.0680. The predicted octanol–water partition coefficient (Wildman–Crippen LogP) is 4.66. The number of nitrogens with zero attached hydrogens (tertiary/aromatic N) is 4. The number of rotatable bonds is 11. The number of hydrogen-bond donors (Lipinski definition) is 3. The van der Waals surface area contributed by atoms with E-state index in [2.05, 4.69) is 34.5 Å². The molecule has 0 bridgehead atoms. The van der Waals surface area contributed by atoms with Gasteiger partial charge >= 0.3 is 0 Å². The van der Waals surface area contributed by atoms with Gasteiger partial charge in [-0.15, -0.1) is 0 Å². The summed E-state index contributed by atoms with van der Waals surface area (Å²) in [7, 11) is 1.66. The Bertz CT molecular complexity index is 1270. The Kier molecular flexibility index (Phi) is 8.66. The topological polar surface area (TPSA) is 104 Å². The van der Waals surface area contributed by atoms with Gasteiger partial charge in [-0.2, -0.15) is 5.10 Å². The number of aliphatic hydroxyl groups excluding tert-OH is 1. The Balaban J connectivity index is 1.42. The van der Waals surface area contributed by atoms with Gasteiger partial charge in [0.05, 0.1) is 24.1 Å². The smallest absolute Gasteiger partial charge is 0.253 e. The molecule has 8 heteroatoms. The van der Waals surface area contributed by atoms with Gasteiger partial charge in [-0.05, 0) is 41.8 Å². The molecule has 0 saturated carbocycles. The first-order chi connectivity index (χ1) is 17.9. The molecule has 0 fully saturated rings. The Hall–Kier alpha value is -4.01. The largest absolute Gasteiger partial charge is 0.377 e. The van der Waals surface area contributed by atoms with E-state index in [1.807, 2.05) is 73.2 Å². The molecule has 4 aromatic rings. The predicted molar refractivity (Wildman–Crippen MR) is 144 cm³/mol. The van der Waals surface area contributed by atoms with Crippen molar-refractivity contribution < 1.29 is 15.0 Å². The minimum Gasteiger partial charge on any atom is -0.377 e. The van der Waals surface area contributed by atoms with Gasteiger partial charge < -0.3 is 20.4 Å². The summed E-state index contributed by atoms with van der Waals surface area (Å²) in [6, 6.07) is 21.7. The number of anilines is 1. The molecule has 0 aliphatic rings. The lowest BCUT2D eigenvalue weighted by molar-refractivity contribution is -0.0480. The van der Waals surface area contributed by atoms with Crippen molar-refractivity contribution in [3.05, 3.63) is 96.4 Å². The number of carbonyl (C=O) groups excluding carboxylic acids is 1. The van der Waals surface area contributed by atoms with Crippen LogP contribution in [0.5, 0.6) is 0 Å². The van der Waals surface area contributed by atoms with Crippen molar-refractivity contribution >= 4 is 11.6 Å². The van der Waals surface area contributed by atoms with Crippen molar-refractivity contribution in [3.63, 3.8) is 0 Å². The summed E-state index contributed by atoms with van der Waals surface area (Å²) in [4.78, 5) is 18.7. The third-order valence-electron chi connectivity index (χ3n) is 6.22. The summed E-state index contributed by atoms with van der Waals surface area (Å²) in [5, 5.41) is 26.1. The summed E-state index contributed by atoms with van der Waals surface area (Å²) in [6.45, 7) is 2.41. The lowest BCUT2D eigenvalue weighted by atomic mass is 10.00. The van der Waals surface area contributed by atoms with Crippen molar-refractivity contribution in [3.8, 4) is 16.9 Å². The minimum atomic E-state index is -1.42. The van der Waals surface area contributed by atoms with E-state index in [-0.39, 0.29) is 24.9 Å². The average molecular weight is 500 g/mol. The number of aliphatic hydroxyl groups is 2. The molecule has 0 saturated heterocycles. The third-order valence-corrected chi connectivity index (χ3v) is 6.22. The van der Waals surface area contributed by atoms with E-state index in [0.29, 0.717) is 5.56 Å². The number of carbonyl (C=O) groups is 1. The highest BCUT2D eigenvalue weighted by Crippen LogP contribution is 2.25. The van der Waals surface area contributed by atoms with Gasteiger partial charge in [-0.25, -0.2) is 9.67 Å². The van der Waals surface area contributed by atoms with Gasteiger partial charge in [0.2, 0.25) is 0 Å². The van der Waals surface area contributed by atoms with E-state index >= 15 is 0 Å². The Morgan fingerprint density at radius 2 is 1.73 bits per heavy atom. The number of amides is 1. The molecule has 8 nitrogen and oxygen atoms in total. The number of aromatic nitrogens is 3. The molecule has 4 rings (SSSR count). The summed E-state index contributed by atoms with van der Waals surface area (Å²) in [5.41, 5.74) is 4.69. The molecule has 3 N–H and O–H groups in total. The first kappa shape index (κ1) is 26.1. The van der Waals surface area contributed by atoms with Gasteiger partial charge in [-0.3, -0.25) is 4.79 Å². The molecular weight excluding hydrogens is 466 g/mol. The van der Waals surface area contributed by atoms with E-state index in [1.54, 1.807) is 11.7 Å². The van der Waals surface area contributed by atoms with Crippen LogP contribution in [0.4, 0.5) is 5.69 Å². The van der Waals surface area contributed by atoms with Crippen LogP contribution in [0.1, 0.15) is 48.1 Å². The van der Waals surface area contributed by atoms with Crippen LogP contribution >= 0.6 is 0 Å². The first-order valence-corrected chi connectivity index (χ1v) is 12.5. The molecule has 1 unspecified atom stereocenters. The van der Waals surface area contributed by atoms with Crippen LogP contribution in [-0.2, 0) is 0 Å². The van der Waals surface area contributed by atoms with Crippen LogP contribution in [-0.4, -0.2) is 55.7 Å². The molecule has 0 radical (unpaired) electrons. The second kappa shape index (κ2) is 12.3. The maximum absolute atomic E-state index is 12.6. The molecule has 1 atom stereocenters. The lowest BCUT2D eigenvalue weighted by Gasteiger charge is -2.21. The molecule has 2 aromatic heterocycles. The average Bonchev–Trinajstić information content (AvgIpc) is 3.42. The highest BCUT2D eigenvalue weighted by molar-refractivity contribution is 5.94. The van der Waals surface area contributed by atoms with E-state index < -0.39 is 6.29 Å². The highest BCUT2D eigenvalue weighted by atomic mass is 16.5. The van der Waals surface area contributed by atoms with Crippen molar-refractivity contribution in [2.24, 2.45) is 0 Å². The van der Waals surface area contributed by atoms with Gasteiger partial charge in [0.15, 0.2) is 12.1 Å². The molecule has 0 spiro atoms. The molecule has 0 aliphatic carbocycles. The fourth-order valence-corrected chi connectivity index (χ4v) is 4.14. The van der Waals surface area contributed by atoms with Gasteiger partial charge in [0.1, 0.15) is 0 Å². The zero-order valence-electron chi connectivity index (χ0n) is 21.2. The first-order valence-electron chi connectivity index (χ1n) is 12.5. The van der Waals surface area contributed by atoms with Crippen LogP contribution in [0.2, 0.25) is 0 Å². The fourth-order valence-electron chi connectivity index (χ4n) is 4.14. The van der Waals surface area contributed by atoms with Crippen molar-refractivity contribution in [2.45, 2.75) is 38.5 Å². The van der Waals surface area contributed by atoms with Crippen molar-refractivity contribution in [1.82, 2.24) is 19.7 Å². The zero-order valence-corrected chi connectivity index (χ0v) is 21.2. The van der Waals surface area contributed by atoms with Crippen LogP contribution in [0, 0.1) is 0 Å². The van der Waals surface area contributed by atoms with Gasteiger partial charge in [0, 0.05) is 37.3 Å². The van der Waals surface area contributed by atoms with Crippen LogP contribution < -0.4 is 5.32 Å². The quantitative estimate of drug-likeness (QED) is 0.259. The molecule has 2 aromatic carbocycles. The molecule has 192 valence electrons. The summed E-state index contributed by atoms with van der Waals surface area (Å²) in [6.07, 6.45) is 6.22. The lowest BCUT2D eigenvalue weighted by Crippen LogP contribution is -2.29. The molecule has 1 amide bonds. The van der Waals surface area contributed by atoms with Crippen LogP contribution in [0.3, 0.4) is 0 Å². The van der Waals surface area contributed by atoms with Crippen molar-refractivity contribution in [2.75, 3.05) is 18.9 Å². The Labute approximate surface area is 217 Å². The molecule has 37 heavy (non-hydrogen) atoms. The third kappa shape index (κ3) is 6.81. The monoisotopic (exact) mass is 499 g/mol. The maximum atomic E-state index is 12.6. The van der Waals surface area contributed by atoms with Gasteiger partial charge in [0.25, 0.3) is 5.91 Å². The molecular formula is C29H33N5O3. The Morgan fingerprint density at radius 1 is 0.973 bits per heavy atom. The molecule has 0 aliphatic heterocycles. The van der Waals surface area contributed by atoms with E-state index in [9.17, 15) is 4.79 Å². The van der Waals surface area contributed by atoms with E-state index in [1.165, 1.54) is 4.90 Å². The summed E-state index contributed by atoms with van der Waals surface area (Å²) in [5.74, 6) is 0.585. The van der Waals surface area contributed by atoms with Crippen LogP contribution in [0.15, 0.2) is 85.3 Å². The summed E-state index contributed by atoms with van der Waals surface area (Å²) < 4.78 is 1.77. The van der Waals surface area contributed by atoms with Crippen LogP contribution in [0.25, 0.3) is 16.9 Å². The Morgan fingerprint density at radius 3 is 2.38 bits per heavy atom.